The van der Waals surface area contributed by atoms with Crippen LogP contribution in [0.15, 0.2) is 4.99 Å². The topological polar surface area (TPSA) is 215 Å². The summed E-state index contributed by atoms with van der Waals surface area (Å²) >= 11 is 0. The number of aliphatic imine (C=N–C) groups is 1. The molecule has 0 heterocycles. The Morgan fingerprint density at radius 2 is 1.59 bits per heavy atom. The molecule has 0 aromatic carbocycles. The van der Waals surface area contributed by atoms with E-state index in [2.05, 4.69) is 20.9 Å². The molecule has 0 bridgehead atoms. The molecule has 0 aromatic heterocycles. The molecule has 12 nitrogen and oxygen atoms in total. The SMILES string of the molecule is CCC(C)[C@H](NC(=O)[C@@H](C[C@H](O)[C@H](CC1CCCCC1)NC(C)=O)C(C)C)C(=O)N[C@@H](CCCN=C(N)N)C(N)=O. The van der Waals surface area contributed by atoms with E-state index in [-0.39, 0.29) is 49.0 Å². The number of aliphatic hydroxyl groups is 1. The van der Waals surface area contributed by atoms with E-state index in [1.807, 2.05) is 27.7 Å². The highest BCUT2D eigenvalue weighted by Crippen LogP contribution is 2.29. The fourth-order valence-corrected chi connectivity index (χ4v) is 5.47. The van der Waals surface area contributed by atoms with Gasteiger partial charge in [-0.15, -0.1) is 0 Å². The lowest BCUT2D eigenvalue weighted by Crippen LogP contribution is -2.56. The number of nitrogens with zero attached hydrogens (tertiary/aromatic N) is 1. The maximum atomic E-state index is 13.6. The van der Waals surface area contributed by atoms with E-state index < -0.39 is 42.0 Å². The van der Waals surface area contributed by atoms with Gasteiger partial charge < -0.3 is 38.3 Å². The van der Waals surface area contributed by atoms with E-state index >= 15 is 0 Å². The molecule has 12 heteroatoms. The second-order valence-corrected chi connectivity index (χ2v) is 12.0. The van der Waals surface area contributed by atoms with Crippen LogP contribution < -0.4 is 33.2 Å². The lowest BCUT2D eigenvalue weighted by molar-refractivity contribution is -0.135. The van der Waals surface area contributed by atoms with Crippen molar-refractivity contribution in [3.63, 3.8) is 0 Å². The molecular weight excluding hydrogens is 526 g/mol. The largest absolute Gasteiger partial charge is 0.391 e. The number of rotatable bonds is 18. The van der Waals surface area contributed by atoms with Crippen molar-refractivity contribution in [3.05, 3.63) is 0 Å². The van der Waals surface area contributed by atoms with E-state index in [0.717, 1.165) is 25.7 Å². The van der Waals surface area contributed by atoms with Crippen LogP contribution in [-0.2, 0) is 19.2 Å². The van der Waals surface area contributed by atoms with Gasteiger partial charge in [-0.2, -0.15) is 0 Å². The minimum Gasteiger partial charge on any atom is -0.391 e. The second kappa shape index (κ2) is 18.5. The normalized spacial score (nSPS) is 18.3. The number of guanidine groups is 1. The molecule has 0 aromatic rings. The van der Waals surface area contributed by atoms with Crippen molar-refractivity contribution in [2.24, 2.45) is 45.9 Å². The summed E-state index contributed by atoms with van der Waals surface area (Å²) in [4.78, 5) is 54.7. The molecule has 1 unspecified atom stereocenters. The maximum absolute atomic E-state index is 13.6. The van der Waals surface area contributed by atoms with Crippen LogP contribution in [0.5, 0.6) is 0 Å². The van der Waals surface area contributed by atoms with Crippen LogP contribution in [-0.4, -0.2) is 65.5 Å². The zero-order valence-corrected chi connectivity index (χ0v) is 25.7. The summed E-state index contributed by atoms with van der Waals surface area (Å²) < 4.78 is 0. The molecule has 10 N–H and O–H groups in total. The van der Waals surface area contributed by atoms with Gasteiger partial charge in [0.2, 0.25) is 23.6 Å². The summed E-state index contributed by atoms with van der Waals surface area (Å²) in [7, 11) is 0. The van der Waals surface area contributed by atoms with Crippen molar-refractivity contribution in [1.82, 2.24) is 16.0 Å². The Labute approximate surface area is 245 Å². The molecule has 236 valence electrons. The van der Waals surface area contributed by atoms with E-state index in [1.165, 1.54) is 13.3 Å². The lowest BCUT2D eigenvalue weighted by atomic mass is 9.81. The van der Waals surface area contributed by atoms with Gasteiger partial charge in [-0.1, -0.05) is 66.2 Å². The monoisotopic (exact) mass is 581 g/mol. The van der Waals surface area contributed by atoms with Crippen molar-refractivity contribution >= 4 is 29.6 Å². The Kier molecular flexibility index (Phi) is 16.3. The van der Waals surface area contributed by atoms with Gasteiger partial charge in [-0.3, -0.25) is 24.2 Å². The van der Waals surface area contributed by atoms with Crippen LogP contribution in [0, 0.1) is 23.7 Å². The minimum atomic E-state index is -0.943. The molecule has 0 radical (unpaired) electrons. The highest BCUT2D eigenvalue weighted by Gasteiger charge is 2.35. The van der Waals surface area contributed by atoms with Gasteiger partial charge in [0.1, 0.15) is 12.1 Å². The standard InChI is InChI=1S/C29H55N7O5/c1-6-18(4)25(28(41)35-22(26(30)39)13-10-14-33-29(31)32)36-27(40)21(17(2)3)16-24(38)23(34-19(5)37)15-20-11-8-7-9-12-20/h17-18,20-25,38H,6-16H2,1-5H3,(H2,30,39)(H,34,37)(H,35,41)(H,36,40)(H4,31,32,33)/t18?,21-,22-,23-,24-,25-/m0/s1. The number of hydrogen-bond donors (Lipinski definition) is 7. The summed E-state index contributed by atoms with van der Waals surface area (Å²) in [6.45, 7) is 9.26. The van der Waals surface area contributed by atoms with Gasteiger partial charge in [0.15, 0.2) is 5.96 Å². The van der Waals surface area contributed by atoms with Crippen molar-refractivity contribution in [2.75, 3.05) is 6.54 Å². The third-order valence-electron chi connectivity index (χ3n) is 8.20. The number of carbonyl (C=O) groups is 4. The first kappa shape index (κ1) is 36.1. The van der Waals surface area contributed by atoms with Crippen molar-refractivity contribution in [3.8, 4) is 0 Å². The number of nitrogens with two attached hydrogens (primary N) is 3. The van der Waals surface area contributed by atoms with Gasteiger partial charge >= 0.3 is 0 Å². The fraction of sp³-hybridized carbons (Fsp3) is 0.828. The average Bonchev–Trinajstić information content (AvgIpc) is 2.90. The summed E-state index contributed by atoms with van der Waals surface area (Å²) in [6.07, 6.45) is 6.82. The third kappa shape index (κ3) is 13.5. The van der Waals surface area contributed by atoms with Crippen LogP contribution in [0.25, 0.3) is 0 Å². The molecule has 4 amide bonds. The molecule has 0 spiro atoms. The first-order valence-corrected chi connectivity index (χ1v) is 15.2. The number of primary amides is 1. The quantitative estimate of drug-likeness (QED) is 0.0708. The molecule has 1 fully saturated rings. The fourth-order valence-electron chi connectivity index (χ4n) is 5.47. The molecule has 1 rings (SSSR count). The predicted molar refractivity (Wildman–Crippen MR) is 160 cm³/mol. The van der Waals surface area contributed by atoms with E-state index in [9.17, 15) is 24.3 Å². The Bertz CT molecular complexity index is 872. The first-order valence-electron chi connectivity index (χ1n) is 15.2. The molecule has 0 saturated heterocycles. The minimum absolute atomic E-state index is 0.0635. The lowest BCUT2D eigenvalue weighted by Gasteiger charge is -2.33. The van der Waals surface area contributed by atoms with Crippen LogP contribution in [0.4, 0.5) is 0 Å². The highest BCUT2D eigenvalue weighted by atomic mass is 16.3. The zero-order chi connectivity index (χ0) is 31.1. The average molecular weight is 582 g/mol. The van der Waals surface area contributed by atoms with Crippen LogP contribution in [0.3, 0.4) is 0 Å². The molecule has 0 aliphatic heterocycles. The molecular formula is C29H55N7O5. The van der Waals surface area contributed by atoms with Crippen LogP contribution in [0.2, 0.25) is 0 Å². The number of hydrogen-bond acceptors (Lipinski definition) is 6. The summed E-state index contributed by atoms with van der Waals surface area (Å²) in [5.74, 6) is -2.37. The predicted octanol–water partition coefficient (Wildman–Crippen LogP) is 1.04. The van der Waals surface area contributed by atoms with Gasteiger partial charge in [-0.05, 0) is 43.4 Å². The zero-order valence-electron chi connectivity index (χ0n) is 25.7. The molecule has 41 heavy (non-hydrogen) atoms. The Hall–Kier alpha value is -2.89. The van der Waals surface area contributed by atoms with E-state index in [4.69, 9.17) is 17.2 Å². The molecule has 1 saturated carbocycles. The highest BCUT2D eigenvalue weighted by molar-refractivity contribution is 5.92. The van der Waals surface area contributed by atoms with Crippen molar-refractivity contribution in [2.45, 2.75) is 123 Å². The molecule has 6 atom stereocenters. The van der Waals surface area contributed by atoms with Crippen LogP contribution in [0.1, 0.15) is 98.8 Å². The van der Waals surface area contributed by atoms with E-state index in [1.54, 1.807) is 0 Å². The Morgan fingerprint density at radius 3 is 2.10 bits per heavy atom. The Morgan fingerprint density at radius 1 is 0.951 bits per heavy atom. The number of amides is 4. The summed E-state index contributed by atoms with van der Waals surface area (Å²) in [6, 6.07) is -2.30. The van der Waals surface area contributed by atoms with Crippen molar-refractivity contribution < 1.29 is 24.3 Å². The number of carbonyl (C=O) groups excluding carboxylic acids is 4. The van der Waals surface area contributed by atoms with Gasteiger partial charge in [0.05, 0.1) is 12.1 Å². The van der Waals surface area contributed by atoms with E-state index in [0.29, 0.717) is 25.2 Å². The molecule has 1 aliphatic carbocycles. The number of nitrogens with one attached hydrogen (secondary N) is 3. The maximum Gasteiger partial charge on any atom is 0.243 e. The van der Waals surface area contributed by atoms with Gasteiger partial charge in [-0.25, -0.2) is 0 Å². The second-order valence-electron chi connectivity index (χ2n) is 12.0. The third-order valence-corrected chi connectivity index (χ3v) is 8.20. The number of aliphatic hydroxyl groups excluding tert-OH is 1. The molecule has 1 aliphatic rings. The first-order chi connectivity index (χ1) is 19.3. The smallest absolute Gasteiger partial charge is 0.243 e. The summed E-state index contributed by atoms with van der Waals surface area (Å²) in [5, 5.41) is 19.7. The van der Waals surface area contributed by atoms with Gasteiger partial charge in [0, 0.05) is 19.4 Å². The van der Waals surface area contributed by atoms with Gasteiger partial charge in [0.25, 0.3) is 0 Å². The van der Waals surface area contributed by atoms with Crippen LogP contribution >= 0.6 is 0 Å². The Balaban J connectivity index is 2.98. The summed E-state index contributed by atoms with van der Waals surface area (Å²) in [5.41, 5.74) is 16.2. The van der Waals surface area contributed by atoms with Crippen molar-refractivity contribution in [1.29, 1.82) is 0 Å².